The average Bonchev–Trinajstić information content (AvgIpc) is 2.67. The fraction of sp³-hybridized carbons (Fsp3) is 0.429. The van der Waals surface area contributed by atoms with Crippen LogP contribution in [-0.4, -0.2) is 6.54 Å². The van der Waals surface area contributed by atoms with E-state index >= 15 is 0 Å². The fourth-order valence-electron chi connectivity index (χ4n) is 2.26. The highest BCUT2D eigenvalue weighted by Gasteiger charge is 2.21. The predicted octanol–water partition coefficient (Wildman–Crippen LogP) is 2.82. The zero-order valence-electron chi connectivity index (χ0n) is 9.30. The van der Waals surface area contributed by atoms with Crippen molar-refractivity contribution in [1.82, 2.24) is 5.32 Å². The number of nitrogens with one attached hydrogen (secondary N) is 1. The fourth-order valence-corrected chi connectivity index (χ4v) is 2.26. The van der Waals surface area contributed by atoms with Crippen molar-refractivity contribution in [2.75, 3.05) is 6.54 Å². The van der Waals surface area contributed by atoms with E-state index in [0.717, 1.165) is 37.8 Å². The van der Waals surface area contributed by atoms with Crippen LogP contribution in [0.25, 0.3) is 0 Å². The molecule has 1 N–H and O–H groups in total. The van der Waals surface area contributed by atoms with Crippen molar-refractivity contribution in [2.24, 2.45) is 0 Å². The van der Waals surface area contributed by atoms with Gasteiger partial charge < -0.3 is 5.32 Å². The van der Waals surface area contributed by atoms with Gasteiger partial charge in [0, 0.05) is 12.5 Å². The largest absolute Gasteiger partial charge is 0.310 e. The summed E-state index contributed by atoms with van der Waals surface area (Å²) in [4.78, 5) is 0. The number of rotatable bonds is 4. The van der Waals surface area contributed by atoms with Gasteiger partial charge in [-0.3, -0.25) is 0 Å². The molecule has 0 saturated heterocycles. The minimum atomic E-state index is -0.133. The van der Waals surface area contributed by atoms with Gasteiger partial charge in [0.25, 0.3) is 0 Å². The quantitative estimate of drug-likeness (QED) is 0.604. The predicted molar refractivity (Wildman–Crippen MR) is 63.5 cm³/mol. The molecule has 0 aliphatic heterocycles. The maximum Gasteiger partial charge on any atom is 0.123 e. The van der Waals surface area contributed by atoms with Crippen LogP contribution in [0, 0.1) is 18.2 Å². The molecule has 0 bridgehead atoms. The number of unbranched alkanes of at least 4 members (excludes halogenated alkanes) is 1. The molecule has 1 aliphatic carbocycles. The van der Waals surface area contributed by atoms with Crippen molar-refractivity contribution in [2.45, 2.75) is 31.7 Å². The normalized spacial score (nSPS) is 18.1. The number of hydrogen-bond acceptors (Lipinski definition) is 1. The molecule has 0 saturated carbocycles. The highest BCUT2D eigenvalue weighted by atomic mass is 19.1. The van der Waals surface area contributed by atoms with E-state index in [9.17, 15) is 4.39 Å². The van der Waals surface area contributed by atoms with Crippen molar-refractivity contribution >= 4 is 0 Å². The van der Waals surface area contributed by atoms with E-state index in [0.29, 0.717) is 6.04 Å². The summed E-state index contributed by atoms with van der Waals surface area (Å²) >= 11 is 0. The van der Waals surface area contributed by atoms with Crippen molar-refractivity contribution in [3.63, 3.8) is 0 Å². The Hall–Kier alpha value is -1.33. The Morgan fingerprint density at radius 1 is 1.50 bits per heavy atom. The zero-order valence-corrected chi connectivity index (χ0v) is 9.30. The van der Waals surface area contributed by atoms with Gasteiger partial charge in [0.15, 0.2) is 0 Å². The maximum absolute atomic E-state index is 13.0. The van der Waals surface area contributed by atoms with Crippen LogP contribution in [0.15, 0.2) is 18.2 Å². The van der Waals surface area contributed by atoms with Crippen molar-refractivity contribution in [3.05, 3.63) is 35.1 Å². The first-order valence-corrected chi connectivity index (χ1v) is 5.76. The van der Waals surface area contributed by atoms with Gasteiger partial charge in [-0.25, -0.2) is 4.39 Å². The van der Waals surface area contributed by atoms with Crippen LogP contribution in [0.3, 0.4) is 0 Å². The Morgan fingerprint density at radius 2 is 2.38 bits per heavy atom. The van der Waals surface area contributed by atoms with Crippen LogP contribution in [-0.2, 0) is 6.42 Å². The molecule has 1 aromatic carbocycles. The molecule has 1 aliphatic rings. The number of halogens is 1. The lowest BCUT2D eigenvalue weighted by molar-refractivity contribution is 0.523. The monoisotopic (exact) mass is 217 g/mol. The highest BCUT2D eigenvalue weighted by Crippen LogP contribution is 2.31. The van der Waals surface area contributed by atoms with E-state index in [4.69, 9.17) is 6.42 Å². The van der Waals surface area contributed by atoms with E-state index in [1.54, 1.807) is 12.1 Å². The van der Waals surface area contributed by atoms with Crippen LogP contribution in [0.2, 0.25) is 0 Å². The molecular weight excluding hydrogens is 201 g/mol. The summed E-state index contributed by atoms with van der Waals surface area (Å²) in [5, 5.41) is 3.47. The van der Waals surface area contributed by atoms with Gasteiger partial charge in [-0.15, -0.1) is 12.3 Å². The summed E-state index contributed by atoms with van der Waals surface area (Å²) < 4.78 is 13.0. The van der Waals surface area contributed by atoms with Gasteiger partial charge in [0.05, 0.1) is 0 Å². The van der Waals surface area contributed by atoms with Crippen LogP contribution in [0.1, 0.15) is 36.4 Å². The first kappa shape index (κ1) is 11.2. The molecule has 16 heavy (non-hydrogen) atoms. The molecular formula is C14H16FN. The number of fused-ring (bicyclic) bond motifs is 1. The van der Waals surface area contributed by atoms with Gasteiger partial charge in [0.1, 0.15) is 5.82 Å². The van der Waals surface area contributed by atoms with Crippen molar-refractivity contribution in [3.8, 4) is 12.3 Å². The second-order valence-corrected chi connectivity index (χ2v) is 4.20. The Bertz CT molecular complexity index is 406. The molecule has 2 heteroatoms. The van der Waals surface area contributed by atoms with E-state index < -0.39 is 0 Å². The highest BCUT2D eigenvalue weighted by molar-refractivity contribution is 5.34. The summed E-state index contributed by atoms with van der Waals surface area (Å²) in [5.74, 6) is 2.50. The molecule has 0 fully saturated rings. The molecule has 1 aromatic rings. The summed E-state index contributed by atoms with van der Waals surface area (Å²) in [6, 6.07) is 5.48. The van der Waals surface area contributed by atoms with Crippen molar-refractivity contribution in [1.29, 1.82) is 0 Å². The van der Waals surface area contributed by atoms with Crippen LogP contribution >= 0.6 is 0 Å². The molecule has 0 amide bonds. The minimum absolute atomic E-state index is 0.133. The molecule has 1 atom stereocenters. The average molecular weight is 217 g/mol. The summed E-state index contributed by atoms with van der Waals surface area (Å²) in [6.45, 7) is 0.936. The van der Waals surface area contributed by atoms with E-state index in [-0.39, 0.29) is 5.82 Å². The molecule has 1 nitrogen and oxygen atoms in total. The lowest BCUT2D eigenvalue weighted by Gasteiger charge is -2.13. The molecule has 1 unspecified atom stereocenters. The minimum Gasteiger partial charge on any atom is -0.310 e. The molecule has 0 spiro atoms. The third-order valence-corrected chi connectivity index (χ3v) is 3.07. The van der Waals surface area contributed by atoms with Gasteiger partial charge in [-0.2, -0.15) is 0 Å². The lowest BCUT2D eigenvalue weighted by Crippen LogP contribution is -2.20. The number of hydrogen-bond donors (Lipinski definition) is 1. The first-order valence-electron chi connectivity index (χ1n) is 5.76. The van der Waals surface area contributed by atoms with Gasteiger partial charge in [-0.05, 0) is 49.1 Å². The van der Waals surface area contributed by atoms with Crippen LogP contribution in [0.4, 0.5) is 4.39 Å². The van der Waals surface area contributed by atoms with Gasteiger partial charge >= 0.3 is 0 Å². The number of aryl methyl sites for hydroxylation is 1. The molecule has 0 radical (unpaired) electrons. The summed E-state index contributed by atoms with van der Waals surface area (Å²) in [6.07, 6.45) is 9.05. The molecule has 0 aromatic heterocycles. The first-order chi connectivity index (χ1) is 7.81. The summed E-state index contributed by atoms with van der Waals surface area (Å²) in [5.41, 5.74) is 2.40. The third-order valence-electron chi connectivity index (χ3n) is 3.07. The number of benzene rings is 1. The number of terminal acetylenes is 1. The molecule has 2 rings (SSSR count). The Balaban J connectivity index is 1.94. The van der Waals surface area contributed by atoms with Gasteiger partial charge in [0.2, 0.25) is 0 Å². The Kier molecular flexibility index (Phi) is 3.58. The molecule has 0 heterocycles. The maximum atomic E-state index is 13.0. The van der Waals surface area contributed by atoms with Gasteiger partial charge in [-0.1, -0.05) is 6.07 Å². The van der Waals surface area contributed by atoms with E-state index in [1.165, 1.54) is 5.56 Å². The van der Waals surface area contributed by atoms with E-state index in [2.05, 4.69) is 11.2 Å². The SMILES string of the molecule is C#CCCCNC1CCc2cc(F)ccc21. The van der Waals surface area contributed by atoms with Crippen LogP contribution in [0.5, 0.6) is 0 Å². The second-order valence-electron chi connectivity index (χ2n) is 4.20. The Labute approximate surface area is 96.1 Å². The second kappa shape index (κ2) is 5.14. The third kappa shape index (κ3) is 2.43. The Morgan fingerprint density at radius 3 is 3.19 bits per heavy atom. The molecule has 84 valence electrons. The summed E-state index contributed by atoms with van der Waals surface area (Å²) in [7, 11) is 0. The van der Waals surface area contributed by atoms with Crippen LogP contribution < -0.4 is 5.32 Å². The zero-order chi connectivity index (χ0) is 11.4. The van der Waals surface area contributed by atoms with Crippen molar-refractivity contribution < 1.29 is 4.39 Å². The smallest absolute Gasteiger partial charge is 0.123 e. The van der Waals surface area contributed by atoms with E-state index in [1.807, 2.05) is 6.07 Å². The standard InChI is InChI=1S/C14H16FN/c1-2-3-4-9-16-14-8-5-11-10-12(15)6-7-13(11)14/h1,6-7,10,14,16H,3-5,8-9H2. The lowest BCUT2D eigenvalue weighted by atomic mass is 10.1. The topological polar surface area (TPSA) is 12.0 Å².